The Bertz CT molecular complexity index is 121. The van der Waals surface area contributed by atoms with Gasteiger partial charge in [-0.25, -0.2) is 0 Å². The molecule has 0 radical (unpaired) electrons. The Labute approximate surface area is 60.8 Å². The van der Waals surface area contributed by atoms with Gasteiger partial charge in [0.2, 0.25) is 6.41 Å². The first-order valence-corrected chi connectivity index (χ1v) is 3.38. The first-order valence-electron chi connectivity index (χ1n) is 3.38. The van der Waals surface area contributed by atoms with Crippen LogP contribution in [0.4, 0.5) is 0 Å². The topological polar surface area (TPSA) is 46.2 Å². The minimum atomic E-state index is 0.0773. The Hall–Kier alpha value is -0.860. The summed E-state index contributed by atoms with van der Waals surface area (Å²) in [5, 5.41) is 2.43. The molecule has 0 atom stereocenters. The third-order valence-electron chi connectivity index (χ3n) is 1.24. The number of Topliss-reactive ketones (excluding diaryl/α,β-unsaturated/α-hetero) is 1. The molecule has 0 aliphatic carbocycles. The van der Waals surface area contributed by atoms with Gasteiger partial charge < -0.3 is 5.32 Å². The standard InChI is InChI=1S/C7H13NO2/c1-6(2)7(10)3-4-8-5-9/h5-6H,3-4H2,1-2H3,(H,8,9). The second kappa shape index (κ2) is 4.97. The Morgan fingerprint density at radius 1 is 1.60 bits per heavy atom. The molecule has 3 nitrogen and oxygen atoms in total. The lowest BCUT2D eigenvalue weighted by Crippen LogP contribution is -2.18. The lowest BCUT2D eigenvalue weighted by molar-refractivity contribution is -0.121. The zero-order chi connectivity index (χ0) is 7.98. The first kappa shape index (κ1) is 9.14. The van der Waals surface area contributed by atoms with Crippen molar-refractivity contribution in [3.05, 3.63) is 0 Å². The maximum atomic E-state index is 10.9. The van der Waals surface area contributed by atoms with Gasteiger partial charge in [-0.05, 0) is 0 Å². The van der Waals surface area contributed by atoms with Crippen LogP contribution in [0.5, 0.6) is 0 Å². The summed E-state index contributed by atoms with van der Waals surface area (Å²) < 4.78 is 0. The largest absolute Gasteiger partial charge is 0.358 e. The summed E-state index contributed by atoms with van der Waals surface area (Å²) in [6, 6.07) is 0. The molecule has 0 aliphatic rings. The molecule has 0 unspecified atom stereocenters. The number of carbonyl (C=O) groups is 2. The Morgan fingerprint density at radius 2 is 2.20 bits per heavy atom. The summed E-state index contributed by atoms with van der Waals surface area (Å²) in [5.41, 5.74) is 0. The molecule has 0 spiro atoms. The third kappa shape index (κ3) is 4.06. The highest BCUT2D eigenvalue weighted by atomic mass is 16.1. The third-order valence-corrected chi connectivity index (χ3v) is 1.24. The summed E-state index contributed by atoms with van der Waals surface area (Å²) in [6.45, 7) is 4.16. The predicted molar refractivity (Wildman–Crippen MR) is 38.5 cm³/mol. The molecule has 10 heavy (non-hydrogen) atoms. The van der Waals surface area contributed by atoms with Crippen LogP contribution in [0.2, 0.25) is 0 Å². The SMILES string of the molecule is CC(C)C(=O)CCNC=O. The van der Waals surface area contributed by atoms with Crippen molar-refractivity contribution in [1.82, 2.24) is 5.32 Å². The maximum Gasteiger partial charge on any atom is 0.207 e. The first-order chi connectivity index (χ1) is 4.68. The van der Waals surface area contributed by atoms with Crippen LogP contribution in [0.15, 0.2) is 0 Å². The van der Waals surface area contributed by atoms with Crippen molar-refractivity contribution in [2.45, 2.75) is 20.3 Å². The van der Waals surface area contributed by atoms with E-state index >= 15 is 0 Å². The van der Waals surface area contributed by atoms with Gasteiger partial charge in [-0.3, -0.25) is 9.59 Å². The van der Waals surface area contributed by atoms with E-state index in [1.54, 1.807) is 0 Å². The molecule has 0 fully saturated rings. The van der Waals surface area contributed by atoms with E-state index in [1.165, 1.54) is 0 Å². The Balaban J connectivity index is 3.30. The molecule has 0 bridgehead atoms. The number of hydrogen-bond acceptors (Lipinski definition) is 2. The van der Waals surface area contributed by atoms with E-state index < -0.39 is 0 Å². The molecule has 0 heterocycles. The van der Waals surface area contributed by atoms with E-state index in [-0.39, 0.29) is 11.7 Å². The van der Waals surface area contributed by atoms with E-state index in [0.717, 1.165) is 0 Å². The summed E-state index contributed by atoms with van der Waals surface area (Å²) in [6.07, 6.45) is 1.05. The van der Waals surface area contributed by atoms with Crippen molar-refractivity contribution >= 4 is 12.2 Å². The molecule has 0 aromatic rings. The van der Waals surface area contributed by atoms with E-state index in [1.807, 2.05) is 13.8 Å². The second-order valence-electron chi connectivity index (χ2n) is 2.44. The average Bonchev–Trinajstić information content (AvgIpc) is 1.88. The van der Waals surface area contributed by atoms with Gasteiger partial charge >= 0.3 is 0 Å². The number of ketones is 1. The minimum Gasteiger partial charge on any atom is -0.358 e. The molecule has 3 heteroatoms. The van der Waals surface area contributed by atoms with Crippen molar-refractivity contribution in [1.29, 1.82) is 0 Å². The number of nitrogens with one attached hydrogen (secondary N) is 1. The summed E-state index contributed by atoms with van der Waals surface area (Å²) >= 11 is 0. The van der Waals surface area contributed by atoms with Gasteiger partial charge in [0.05, 0.1) is 0 Å². The van der Waals surface area contributed by atoms with Crippen LogP contribution < -0.4 is 5.32 Å². The van der Waals surface area contributed by atoms with Gasteiger partial charge in [0, 0.05) is 18.9 Å². The van der Waals surface area contributed by atoms with Crippen LogP contribution in [0.25, 0.3) is 0 Å². The van der Waals surface area contributed by atoms with Gasteiger partial charge in [-0.1, -0.05) is 13.8 Å². The van der Waals surface area contributed by atoms with Crippen molar-refractivity contribution in [2.75, 3.05) is 6.54 Å². The molecule has 58 valence electrons. The van der Waals surface area contributed by atoms with Gasteiger partial charge in [0.25, 0.3) is 0 Å². The second-order valence-corrected chi connectivity index (χ2v) is 2.44. The molecule has 0 saturated carbocycles. The fourth-order valence-corrected chi connectivity index (χ4v) is 0.543. The molecule has 0 aromatic carbocycles. The normalized spacial score (nSPS) is 9.50. The van der Waals surface area contributed by atoms with Crippen LogP contribution in [0.3, 0.4) is 0 Å². The highest BCUT2D eigenvalue weighted by Crippen LogP contribution is 1.96. The summed E-state index contributed by atoms with van der Waals surface area (Å²) in [5.74, 6) is 0.266. The molecular formula is C7H13NO2. The van der Waals surface area contributed by atoms with E-state index in [2.05, 4.69) is 5.32 Å². The monoisotopic (exact) mass is 143 g/mol. The van der Waals surface area contributed by atoms with E-state index in [9.17, 15) is 9.59 Å². The lowest BCUT2D eigenvalue weighted by atomic mass is 10.1. The lowest BCUT2D eigenvalue weighted by Gasteiger charge is -2.01. The fourth-order valence-electron chi connectivity index (χ4n) is 0.543. The highest BCUT2D eigenvalue weighted by molar-refractivity contribution is 5.80. The molecule has 1 amide bonds. The van der Waals surface area contributed by atoms with Crippen LogP contribution in [-0.2, 0) is 9.59 Å². The molecular weight excluding hydrogens is 130 g/mol. The van der Waals surface area contributed by atoms with Crippen molar-refractivity contribution in [3.63, 3.8) is 0 Å². The zero-order valence-electron chi connectivity index (χ0n) is 6.39. The smallest absolute Gasteiger partial charge is 0.207 e. The van der Waals surface area contributed by atoms with Crippen LogP contribution in [-0.4, -0.2) is 18.7 Å². The minimum absolute atomic E-state index is 0.0773. The van der Waals surface area contributed by atoms with Crippen molar-refractivity contribution in [2.24, 2.45) is 5.92 Å². The molecule has 0 aliphatic heterocycles. The Morgan fingerprint density at radius 3 is 2.60 bits per heavy atom. The van der Waals surface area contributed by atoms with Gasteiger partial charge in [-0.15, -0.1) is 0 Å². The van der Waals surface area contributed by atoms with Crippen LogP contribution >= 0.6 is 0 Å². The van der Waals surface area contributed by atoms with Crippen molar-refractivity contribution in [3.8, 4) is 0 Å². The van der Waals surface area contributed by atoms with Crippen LogP contribution in [0.1, 0.15) is 20.3 Å². The number of carbonyl (C=O) groups excluding carboxylic acids is 2. The average molecular weight is 143 g/mol. The number of hydrogen-bond donors (Lipinski definition) is 1. The van der Waals surface area contributed by atoms with Gasteiger partial charge in [0.15, 0.2) is 0 Å². The molecule has 0 rings (SSSR count). The molecule has 0 aromatic heterocycles. The summed E-state index contributed by atoms with van der Waals surface area (Å²) in [7, 11) is 0. The Kier molecular flexibility index (Phi) is 4.54. The fraction of sp³-hybridized carbons (Fsp3) is 0.714. The maximum absolute atomic E-state index is 10.9. The quantitative estimate of drug-likeness (QED) is 0.446. The zero-order valence-corrected chi connectivity index (χ0v) is 6.39. The number of rotatable bonds is 5. The van der Waals surface area contributed by atoms with E-state index in [4.69, 9.17) is 0 Å². The van der Waals surface area contributed by atoms with E-state index in [0.29, 0.717) is 19.4 Å². The van der Waals surface area contributed by atoms with Crippen molar-refractivity contribution < 1.29 is 9.59 Å². The van der Waals surface area contributed by atoms with Crippen LogP contribution in [0, 0.1) is 5.92 Å². The number of amides is 1. The van der Waals surface area contributed by atoms with Gasteiger partial charge in [-0.2, -0.15) is 0 Å². The molecule has 1 N–H and O–H groups in total. The summed E-state index contributed by atoms with van der Waals surface area (Å²) in [4.78, 5) is 20.6. The highest BCUT2D eigenvalue weighted by Gasteiger charge is 2.04. The predicted octanol–water partition coefficient (Wildman–Crippen LogP) is 0.348. The molecule has 0 saturated heterocycles. The van der Waals surface area contributed by atoms with Gasteiger partial charge in [0.1, 0.15) is 5.78 Å².